The van der Waals surface area contributed by atoms with Gasteiger partial charge in [-0.05, 0) is 74.0 Å². The normalized spacial score (nSPS) is 15.3. The highest BCUT2D eigenvalue weighted by Gasteiger charge is 2.51. The van der Waals surface area contributed by atoms with E-state index >= 15 is 0 Å². The molecular formula is C28H24BBrF4N2O4. The van der Waals surface area contributed by atoms with E-state index in [0.717, 1.165) is 34.2 Å². The summed E-state index contributed by atoms with van der Waals surface area (Å²) in [6.45, 7) is 7.87. The zero-order valence-electron chi connectivity index (χ0n) is 21.9. The van der Waals surface area contributed by atoms with E-state index in [0.29, 0.717) is 0 Å². The smallest absolute Gasteiger partial charge is 0.436 e. The minimum atomic E-state index is -0.785. The van der Waals surface area contributed by atoms with Crippen LogP contribution in [0.3, 0.4) is 0 Å². The first-order valence-corrected chi connectivity index (χ1v) is 12.8. The van der Waals surface area contributed by atoms with Crippen molar-refractivity contribution < 1.29 is 36.3 Å². The molecule has 0 spiro atoms. The molecule has 1 saturated heterocycles. The summed E-state index contributed by atoms with van der Waals surface area (Å²) in [5, 5.41) is 0. The SMILES string of the molecule is CC1(C)OB(c2ccc(Oc3ccc(F)cc3F)nc2)OC1(C)C.Fc1ccc(Oc2ccc(Br)cn2)c(F)c1. The Morgan fingerprint density at radius 2 is 1.15 bits per heavy atom. The molecule has 40 heavy (non-hydrogen) atoms. The van der Waals surface area contributed by atoms with Gasteiger partial charge in [0.15, 0.2) is 23.1 Å². The lowest BCUT2D eigenvalue weighted by Crippen LogP contribution is -2.41. The molecule has 0 saturated carbocycles. The lowest BCUT2D eigenvalue weighted by atomic mass is 9.80. The third kappa shape index (κ3) is 7.18. The Labute approximate surface area is 237 Å². The van der Waals surface area contributed by atoms with Gasteiger partial charge in [0.1, 0.15) is 11.6 Å². The van der Waals surface area contributed by atoms with E-state index in [2.05, 4.69) is 25.9 Å². The molecule has 1 aliphatic heterocycles. The lowest BCUT2D eigenvalue weighted by Gasteiger charge is -2.32. The van der Waals surface area contributed by atoms with Crippen LogP contribution in [-0.2, 0) is 9.31 Å². The molecule has 0 unspecified atom stereocenters. The van der Waals surface area contributed by atoms with Crippen LogP contribution in [0.25, 0.3) is 0 Å². The monoisotopic (exact) mass is 618 g/mol. The molecule has 0 N–H and O–H groups in total. The van der Waals surface area contributed by atoms with Crippen molar-refractivity contribution in [2.75, 3.05) is 0 Å². The van der Waals surface area contributed by atoms with Crippen molar-refractivity contribution >= 4 is 28.5 Å². The number of hydrogen-bond donors (Lipinski definition) is 0. The molecule has 1 fully saturated rings. The second-order valence-corrected chi connectivity index (χ2v) is 10.6. The molecule has 12 heteroatoms. The van der Waals surface area contributed by atoms with E-state index in [4.69, 9.17) is 18.8 Å². The van der Waals surface area contributed by atoms with Gasteiger partial charge in [-0.25, -0.2) is 27.5 Å². The molecule has 2 aromatic heterocycles. The second kappa shape index (κ2) is 12.0. The van der Waals surface area contributed by atoms with Crippen molar-refractivity contribution in [3.63, 3.8) is 0 Å². The van der Waals surface area contributed by atoms with Crippen LogP contribution in [0.4, 0.5) is 17.6 Å². The quantitative estimate of drug-likeness (QED) is 0.172. The van der Waals surface area contributed by atoms with Crippen molar-refractivity contribution in [1.82, 2.24) is 9.97 Å². The molecule has 6 nitrogen and oxygen atoms in total. The zero-order valence-corrected chi connectivity index (χ0v) is 23.5. The van der Waals surface area contributed by atoms with Gasteiger partial charge in [0, 0.05) is 46.6 Å². The average Bonchev–Trinajstić information content (AvgIpc) is 3.11. The van der Waals surface area contributed by atoms with Gasteiger partial charge in [0.25, 0.3) is 0 Å². The van der Waals surface area contributed by atoms with E-state index in [1.54, 1.807) is 30.5 Å². The summed E-state index contributed by atoms with van der Waals surface area (Å²) in [4.78, 5) is 8.04. The molecular weight excluding hydrogens is 595 g/mol. The first-order valence-electron chi connectivity index (χ1n) is 12.0. The summed E-state index contributed by atoms with van der Waals surface area (Å²) in [6, 6.07) is 12.8. The van der Waals surface area contributed by atoms with Gasteiger partial charge in [-0.2, -0.15) is 0 Å². The van der Waals surface area contributed by atoms with Gasteiger partial charge in [-0.3, -0.25) is 0 Å². The number of benzene rings is 2. The van der Waals surface area contributed by atoms with Crippen molar-refractivity contribution in [2.24, 2.45) is 0 Å². The molecule has 0 aliphatic carbocycles. The number of rotatable bonds is 5. The Morgan fingerprint density at radius 3 is 1.55 bits per heavy atom. The zero-order chi connectivity index (χ0) is 29.1. The van der Waals surface area contributed by atoms with Crippen molar-refractivity contribution in [3.8, 4) is 23.3 Å². The fraction of sp³-hybridized carbons (Fsp3) is 0.214. The van der Waals surface area contributed by atoms with Crippen molar-refractivity contribution in [2.45, 2.75) is 38.9 Å². The fourth-order valence-corrected chi connectivity index (χ4v) is 3.57. The van der Waals surface area contributed by atoms with Crippen LogP contribution in [0.1, 0.15) is 27.7 Å². The average molecular weight is 619 g/mol. The molecule has 3 heterocycles. The van der Waals surface area contributed by atoms with Gasteiger partial charge in [-0.1, -0.05) is 6.07 Å². The molecule has 0 atom stereocenters. The number of nitrogens with zero attached hydrogens (tertiary/aromatic N) is 2. The van der Waals surface area contributed by atoms with Crippen LogP contribution in [0.2, 0.25) is 0 Å². The first kappa shape index (κ1) is 29.5. The van der Waals surface area contributed by atoms with Crippen LogP contribution in [0.15, 0.2) is 77.5 Å². The summed E-state index contributed by atoms with van der Waals surface area (Å²) >= 11 is 3.21. The Hall–Kier alpha value is -3.48. The summed E-state index contributed by atoms with van der Waals surface area (Å²) in [5.41, 5.74) is -0.144. The van der Waals surface area contributed by atoms with E-state index in [1.807, 2.05) is 27.7 Å². The number of ether oxygens (including phenoxy) is 2. The van der Waals surface area contributed by atoms with Gasteiger partial charge in [0.2, 0.25) is 11.8 Å². The number of hydrogen-bond acceptors (Lipinski definition) is 6. The molecule has 4 aromatic rings. The lowest BCUT2D eigenvalue weighted by molar-refractivity contribution is 0.00578. The standard InChI is InChI=1S/C17H18BF2NO3.C11H6BrF2NO/c1-16(2)17(3,4)24-18(23-16)11-5-8-15(21-10-11)22-14-7-6-12(19)9-13(14)20;12-7-1-4-11(15-6-7)16-10-3-2-8(13)5-9(10)14/h5-10H,1-4H3;1-6H. The highest BCUT2D eigenvalue weighted by atomic mass is 79.9. The van der Waals surface area contributed by atoms with Crippen LogP contribution >= 0.6 is 15.9 Å². The van der Waals surface area contributed by atoms with E-state index < -0.39 is 41.6 Å². The van der Waals surface area contributed by atoms with Crippen LogP contribution in [-0.4, -0.2) is 28.3 Å². The van der Waals surface area contributed by atoms with E-state index in [9.17, 15) is 17.6 Å². The van der Waals surface area contributed by atoms with Crippen LogP contribution < -0.4 is 14.9 Å². The Kier molecular flexibility index (Phi) is 8.82. The van der Waals surface area contributed by atoms with Crippen LogP contribution in [0.5, 0.6) is 23.3 Å². The molecule has 5 rings (SSSR count). The summed E-state index contributed by atoms with van der Waals surface area (Å²) in [6.07, 6.45) is 3.08. The maximum Gasteiger partial charge on any atom is 0.496 e. The second-order valence-electron chi connectivity index (χ2n) is 9.69. The highest BCUT2D eigenvalue weighted by Crippen LogP contribution is 2.36. The minimum absolute atomic E-state index is 0.0591. The molecule has 0 radical (unpaired) electrons. The predicted molar refractivity (Wildman–Crippen MR) is 145 cm³/mol. The topological polar surface area (TPSA) is 62.7 Å². The van der Waals surface area contributed by atoms with Gasteiger partial charge < -0.3 is 18.8 Å². The first-order chi connectivity index (χ1) is 18.8. The predicted octanol–water partition coefficient (Wildman–Crippen LogP) is 7.37. The van der Waals surface area contributed by atoms with Crippen LogP contribution in [0, 0.1) is 23.3 Å². The maximum absolute atomic E-state index is 13.6. The maximum atomic E-state index is 13.6. The molecule has 0 amide bonds. The van der Waals surface area contributed by atoms with Gasteiger partial charge in [-0.15, -0.1) is 0 Å². The number of pyridine rings is 2. The van der Waals surface area contributed by atoms with Gasteiger partial charge >= 0.3 is 7.12 Å². The van der Waals surface area contributed by atoms with E-state index in [1.165, 1.54) is 18.3 Å². The molecule has 2 aromatic carbocycles. The van der Waals surface area contributed by atoms with Crippen molar-refractivity contribution in [3.05, 3.63) is 101 Å². The minimum Gasteiger partial charge on any atom is -0.436 e. The summed E-state index contributed by atoms with van der Waals surface area (Å²) < 4.78 is 75.5. The Balaban J connectivity index is 0.000000201. The number of halogens is 5. The highest BCUT2D eigenvalue weighted by molar-refractivity contribution is 9.10. The van der Waals surface area contributed by atoms with E-state index in [-0.39, 0.29) is 23.3 Å². The third-order valence-electron chi connectivity index (χ3n) is 6.20. The summed E-state index contributed by atoms with van der Waals surface area (Å²) in [7, 11) is -0.529. The third-order valence-corrected chi connectivity index (χ3v) is 6.67. The Morgan fingerprint density at radius 1 is 0.675 bits per heavy atom. The molecule has 0 bridgehead atoms. The van der Waals surface area contributed by atoms with Crippen molar-refractivity contribution in [1.29, 1.82) is 0 Å². The number of aromatic nitrogens is 2. The van der Waals surface area contributed by atoms with Gasteiger partial charge in [0.05, 0.1) is 11.2 Å². The molecule has 1 aliphatic rings. The largest absolute Gasteiger partial charge is 0.496 e. The summed E-state index contributed by atoms with van der Waals surface area (Å²) in [5.74, 6) is -2.56. The fourth-order valence-electron chi connectivity index (χ4n) is 3.33. The Bertz CT molecular complexity index is 1460. The molecule has 208 valence electrons.